The van der Waals surface area contributed by atoms with Crippen molar-refractivity contribution in [3.63, 3.8) is 0 Å². The maximum Gasteiger partial charge on any atom is 0.0674 e. The zero-order valence-electron chi connectivity index (χ0n) is 10.5. The second-order valence-corrected chi connectivity index (χ2v) is 5.43. The molecule has 2 unspecified atom stereocenters. The first-order valence-corrected chi connectivity index (χ1v) is 6.45. The molecule has 1 aromatic rings. The number of hydrogen-bond donors (Lipinski definition) is 2. The molecule has 3 nitrogen and oxygen atoms in total. The Morgan fingerprint density at radius 1 is 1.35 bits per heavy atom. The van der Waals surface area contributed by atoms with Gasteiger partial charge in [0.05, 0.1) is 6.10 Å². The number of nitrogens with two attached hydrogens (primary N) is 1. The summed E-state index contributed by atoms with van der Waals surface area (Å²) in [7, 11) is 0. The Morgan fingerprint density at radius 3 is 2.47 bits per heavy atom. The zero-order valence-corrected chi connectivity index (χ0v) is 10.5. The first-order chi connectivity index (χ1) is 8.17. The van der Waals surface area contributed by atoms with Crippen LogP contribution in [-0.2, 0) is 0 Å². The molecule has 1 heterocycles. The Balaban J connectivity index is 2.18. The summed E-state index contributed by atoms with van der Waals surface area (Å²) < 4.78 is 0. The molecule has 0 aromatic carbocycles. The van der Waals surface area contributed by atoms with Crippen LogP contribution in [-0.4, -0.2) is 22.7 Å². The van der Waals surface area contributed by atoms with E-state index in [1.165, 1.54) is 12.8 Å². The fourth-order valence-corrected chi connectivity index (χ4v) is 3.02. The Labute approximate surface area is 103 Å². The van der Waals surface area contributed by atoms with Crippen LogP contribution in [0.5, 0.6) is 0 Å². The van der Waals surface area contributed by atoms with Crippen molar-refractivity contribution < 1.29 is 5.11 Å². The van der Waals surface area contributed by atoms with Crippen LogP contribution in [0.1, 0.15) is 44.1 Å². The predicted molar refractivity (Wildman–Crippen MR) is 68.6 cm³/mol. The SMILES string of the molecule is CC1(C(O)C(CN)c2ccncc2)CCCC1. The van der Waals surface area contributed by atoms with Crippen molar-refractivity contribution >= 4 is 0 Å². The lowest BCUT2D eigenvalue weighted by Crippen LogP contribution is -2.38. The van der Waals surface area contributed by atoms with E-state index < -0.39 is 0 Å². The molecule has 0 aliphatic heterocycles. The molecule has 2 atom stereocenters. The molecule has 3 N–H and O–H groups in total. The van der Waals surface area contributed by atoms with E-state index >= 15 is 0 Å². The van der Waals surface area contributed by atoms with Crippen molar-refractivity contribution in [1.82, 2.24) is 4.98 Å². The van der Waals surface area contributed by atoms with Gasteiger partial charge in [0.15, 0.2) is 0 Å². The van der Waals surface area contributed by atoms with Crippen LogP contribution >= 0.6 is 0 Å². The number of aromatic nitrogens is 1. The predicted octanol–water partition coefficient (Wildman–Crippen LogP) is 2.07. The maximum atomic E-state index is 10.6. The average molecular weight is 234 g/mol. The highest BCUT2D eigenvalue weighted by atomic mass is 16.3. The molecule has 0 radical (unpaired) electrons. The second-order valence-electron chi connectivity index (χ2n) is 5.43. The number of hydrogen-bond acceptors (Lipinski definition) is 3. The molecule has 0 spiro atoms. The number of aliphatic hydroxyl groups excluding tert-OH is 1. The van der Waals surface area contributed by atoms with E-state index in [4.69, 9.17) is 5.73 Å². The van der Waals surface area contributed by atoms with Gasteiger partial charge in [-0.05, 0) is 36.0 Å². The summed E-state index contributed by atoms with van der Waals surface area (Å²) in [5.41, 5.74) is 6.99. The van der Waals surface area contributed by atoms with E-state index in [0.717, 1.165) is 18.4 Å². The fourth-order valence-electron chi connectivity index (χ4n) is 3.02. The van der Waals surface area contributed by atoms with E-state index in [9.17, 15) is 5.11 Å². The summed E-state index contributed by atoms with van der Waals surface area (Å²) in [6.07, 6.45) is 7.84. The molecule has 1 aliphatic rings. The topological polar surface area (TPSA) is 59.1 Å². The van der Waals surface area contributed by atoms with Crippen molar-refractivity contribution in [3.8, 4) is 0 Å². The largest absolute Gasteiger partial charge is 0.392 e. The Morgan fingerprint density at radius 2 is 1.94 bits per heavy atom. The van der Waals surface area contributed by atoms with E-state index in [1.54, 1.807) is 12.4 Å². The molecule has 1 aromatic heterocycles. The van der Waals surface area contributed by atoms with Crippen molar-refractivity contribution in [1.29, 1.82) is 0 Å². The third-order valence-electron chi connectivity index (χ3n) is 4.23. The van der Waals surface area contributed by atoms with Gasteiger partial charge in [-0.1, -0.05) is 19.8 Å². The van der Waals surface area contributed by atoms with Gasteiger partial charge in [-0.3, -0.25) is 4.98 Å². The number of pyridine rings is 1. The van der Waals surface area contributed by atoms with Crippen LogP contribution in [0, 0.1) is 5.41 Å². The van der Waals surface area contributed by atoms with Crippen LogP contribution in [0.4, 0.5) is 0 Å². The molecule has 0 saturated heterocycles. The van der Waals surface area contributed by atoms with Gasteiger partial charge in [0.1, 0.15) is 0 Å². The normalized spacial score (nSPS) is 22.3. The summed E-state index contributed by atoms with van der Waals surface area (Å²) in [5.74, 6) is 0.0288. The Hall–Kier alpha value is -0.930. The van der Waals surface area contributed by atoms with E-state index in [1.807, 2.05) is 12.1 Å². The highest BCUT2D eigenvalue weighted by Gasteiger charge is 2.40. The molecular formula is C14H22N2O. The lowest BCUT2D eigenvalue weighted by atomic mass is 9.74. The monoisotopic (exact) mass is 234 g/mol. The highest BCUT2D eigenvalue weighted by Crippen LogP contribution is 2.44. The molecule has 0 bridgehead atoms. The van der Waals surface area contributed by atoms with Gasteiger partial charge in [-0.2, -0.15) is 0 Å². The van der Waals surface area contributed by atoms with Crippen molar-refractivity contribution in [2.45, 2.75) is 44.6 Å². The molecule has 17 heavy (non-hydrogen) atoms. The van der Waals surface area contributed by atoms with Crippen LogP contribution in [0.2, 0.25) is 0 Å². The van der Waals surface area contributed by atoms with Crippen molar-refractivity contribution in [3.05, 3.63) is 30.1 Å². The second kappa shape index (κ2) is 5.15. The number of rotatable bonds is 4. The van der Waals surface area contributed by atoms with Crippen LogP contribution in [0.3, 0.4) is 0 Å². The Bertz CT molecular complexity index is 346. The van der Waals surface area contributed by atoms with Crippen LogP contribution in [0.25, 0.3) is 0 Å². The Kier molecular flexibility index (Phi) is 3.79. The molecule has 0 amide bonds. The lowest BCUT2D eigenvalue weighted by Gasteiger charge is -2.35. The minimum absolute atomic E-state index is 0.0288. The van der Waals surface area contributed by atoms with Crippen molar-refractivity contribution in [2.75, 3.05) is 6.54 Å². The summed E-state index contributed by atoms with van der Waals surface area (Å²) >= 11 is 0. The first kappa shape index (κ1) is 12.5. The standard InChI is InChI=1S/C14H22N2O/c1-14(6-2-3-7-14)13(17)12(10-15)11-4-8-16-9-5-11/h4-5,8-9,12-13,17H,2-3,6-7,10,15H2,1H3. The maximum absolute atomic E-state index is 10.6. The number of aliphatic hydroxyl groups is 1. The van der Waals surface area contributed by atoms with Gasteiger partial charge in [-0.25, -0.2) is 0 Å². The smallest absolute Gasteiger partial charge is 0.0674 e. The van der Waals surface area contributed by atoms with Gasteiger partial charge in [0, 0.05) is 24.9 Å². The molecule has 2 rings (SSSR count). The van der Waals surface area contributed by atoms with Gasteiger partial charge >= 0.3 is 0 Å². The van der Waals surface area contributed by atoms with Crippen molar-refractivity contribution in [2.24, 2.45) is 11.1 Å². The third kappa shape index (κ3) is 2.50. The molecular weight excluding hydrogens is 212 g/mol. The molecule has 94 valence electrons. The first-order valence-electron chi connectivity index (χ1n) is 6.45. The van der Waals surface area contributed by atoms with Crippen LogP contribution < -0.4 is 5.73 Å². The summed E-state index contributed by atoms with van der Waals surface area (Å²) in [4.78, 5) is 4.01. The third-order valence-corrected chi connectivity index (χ3v) is 4.23. The van der Waals surface area contributed by atoms with E-state index in [0.29, 0.717) is 6.54 Å². The molecule has 1 aliphatic carbocycles. The molecule has 1 saturated carbocycles. The van der Waals surface area contributed by atoms with E-state index in [2.05, 4.69) is 11.9 Å². The van der Waals surface area contributed by atoms with Gasteiger partial charge in [0.2, 0.25) is 0 Å². The van der Waals surface area contributed by atoms with Gasteiger partial charge < -0.3 is 10.8 Å². The van der Waals surface area contributed by atoms with Gasteiger partial charge in [-0.15, -0.1) is 0 Å². The highest BCUT2D eigenvalue weighted by molar-refractivity contribution is 5.19. The fraction of sp³-hybridized carbons (Fsp3) is 0.643. The van der Waals surface area contributed by atoms with Gasteiger partial charge in [0.25, 0.3) is 0 Å². The minimum Gasteiger partial charge on any atom is -0.392 e. The molecule has 3 heteroatoms. The van der Waals surface area contributed by atoms with E-state index in [-0.39, 0.29) is 17.4 Å². The quantitative estimate of drug-likeness (QED) is 0.838. The summed E-state index contributed by atoms with van der Waals surface area (Å²) in [5, 5.41) is 10.6. The average Bonchev–Trinajstić information content (AvgIpc) is 2.80. The minimum atomic E-state index is -0.350. The zero-order chi connectivity index (χ0) is 12.3. The summed E-state index contributed by atoms with van der Waals surface area (Å²) in [6.45, 7) is 2.68. The molecule has 1 fully saturated rings. The summed E-state index contributed by atoms with van der Waals surface area (Å²) in [6, 6.07) is 3.91. The number of nitrogens with zero attached hydrogens (tertiary/aromatic N) is 1. The van der Waals surface area contributed by atoms with Crippen LogP contribution in [0.15, 0.2) is 24.5 Å². The lowest BCUT2D eigenvalue weighted by molar-refractivity contribution is 0.0212.